The summed E-state index contributed by atoms with van der Waals surface area (Å²) in [6, 6.07) is 18.2. The molecular formula is C52H66N14O13S. The van der Waals surface area contributed by atoms with E-state index >= 15 is 0 Å². The molecule has 1 fully saturated rings. The number of nitrogens with one attached hydrogen (secondary N) is 9. The first-order valence-corrected chi connectivity index (χ1v) is 26.7. The summed E-state index contributed by atoms with van der Waals surface area (Å²) < 4.78 is 29.2. The molecule has 1 aliphatic rings. The number of guanidine groups is 1. The number of amides is 8. The van der Waals surface area contributed by atoms with E-state index in [0.717, 1.165) is 0 Å². The van der Waals surface area contributed by atoms with E-state index in [-0.39, 0.29) is 85.8 Å². The van der Waals surface area contributed by atoms with Crippen molar-refractivity contribution >= 4 is 82.1 Å². The predicted octanol–water partition coefficient (Wildman–Crippen LogP) is 0.0824. The lowest BCUT2D eigenvalue weighted by Gasteiger charge is -2.26. The lowest BCUT2D eigenvalue weighted by atomic mass is 10.0. The van der Waals surface area contributed by atoms with Gasteiger partial charge in [-0.05, 0) is 68.4 Å². The number of aliphatic imine (C=N–C) groups is 1. The van der Waals surface area contributed by atoms with E-state index in [1.54, 1.807) is 66.7 Å². The summed E-state index contributed by atoms with van der Waals surface area (Å²) >= 11 is 0. The lowest BCUT2D eigenvalue weighted by Crippen LogP contribution is -2.58. The fraction of sp³-hybridized carbons (Fsp3) is 0.346. The van der Waals surface area contributed by atoms with Gasteiger partial charge in [0.25, 0.3) is 5.91 Å². The minimum absolute atomic E-state index is 0.0251. The number of carboxylic acid groups (broad SMARTS) is 1. The van der Waals surface area contributed by atoms with Gasteiger partial charge >= 0.3 is 5.97 Å². The van der Waals surface area contributed by atoms with E-state index in [4.69, 9.17) is 11.5 Å². The number of hydrogen-bond donors (Lipinski definition) is 15. The highest BCUT2D eigenvalue weighted by Crippen LogP contribution is 2.44. The number of hydrogen-bond acceptors (Lipinski definition) is 16. The van der Waals surface area contributed by atoms with Crippen molar-refractivity contribution in [1.29, 1.82) is 0 Å². The third-order valence-corrected chi connectivity index (χ3v) is 13.0. The maximum atomic E-state index is 14.1. The van der Waals surface area contributed by atoms with Gasteiger partial charge in [0.05, 0.1) is 29.6 Å². The fourth-order valence-electron chi connectivity index (χ4n) is 7.95. The number of aromatic nitrogens is 1. The molecule has 2 heterocycles. The van der Waals surface area contributed by atoms with Gasteiger partial charge in [0.2, 0.25) is 41.4 Å². The lowest BCUT2D eigenvalue weighted by molar-refractivity contribution is -0.141. The van der Waals surface area contributed by atoms with Crippen LogP contribution in [0.5, 0.6) is 0 Å². The summed E-state index contributed by atoms with van der Waals surface area (Å²) in [6.07, 6.45) is 2.09. The molecule has 0 bridgehead atoms. The van der Waals surface area contributed by atoms with Crippen LogP contribution in [-0.2, 0) is 51.2 Å². The molecule has 80 heavy (non-hydrogen) atoms. The van der Waals surface area contributed by atoms with E-state index in [1.165, 1.54) is 49.7 Å². The Hall–Kier alpha value is -8.99. The van der Waals surface area contributed by atoms with Gasteiger partial charge in [-0.2, -0.15) is 5.10 Å². The van der Waals surface area contributed by atoms with Crippen molar-refractivity contribution in [2.24, 2.45) is 21.6 Å². The molecule has 8 amide bonds. The summed E-state index contributed by atoms with van der Waals surface area (Å²) in [4.78, 5) is 129. The van der Waals surface area contributed by atoms with Crippen LogP contribution in [0.2, 0.25) is 0 Å². The highest BCUT2D eigenvalue weighted by molar-refractivity contribution is 8.19. The smallest absolute Gasteiger partial charge is 0.305 e. The first-order chi connectivity index (χ1) is 38.2. The molecular weight excluding hydrogens is 1060 g/mol. The second kappa shape index (κ2) is 30.8. The Morgan fingerprint density at radius 1 is 0.725 bits per heavy atom. The summed E-state index contributed by atoms with van der Waals surface area (Å²) in [5.41, 5.74) is 15.1. The van der Waals surface area contributed by atoms with E-state index in [1.807, 2.05) is 0 Å². The van der Waals surface area contributed by atoms with E-state index in [0.29, 0.717) is 11.1 Å². The fourth-order valence-corrected chi connectivity index (χ4v) is 8.65. The Morgan fingerprint density at radius 2 is 1.34 bits per heavy atom. The topological polar surface area (TPSA) is 432 Å². The van der Waals surface area contributed by atoms with Crippen LogP contribution < -0.4 is 59.4 Å². The SMILES string of the molecule is CC(NC(=O)[C@H](Cc1ccccc1)NC(=O)c1ccc(NN=Cc2ccccc2S(O)(O)O)nc1)C(=O)NCCCC[C@@H]1NC(=O)[C@@H](Cc2ccccc2)NC(=O)[C@H](CC(=O)O)NC(=O)CNC(=O)[C@H](CCCN=C(N)N)NC1=O. The Balaban J connectivity index is 1.23. The molecule has 1 saturated heterocycles. The maximum absolute atomic E-state index is 14.1. The molecule has 0 aliphatic carbocycles. The average molecular weight is 1130 g/mol. The maximum Gasteiger partial charge on any atom is 0.305 e. The van der Waals surface area contributed by atoms with Gasteiger partial charge in [-0.15, -0.1) is 0 Å². The number of unbranched alkanes of at least 4 members (excludes halogenated alkanes) is 1. The number of aliphatic carboxylic acids is 1. The number of carbonyl (C=O) groups excluding carboxylic acids is 8. The summed E-state index contributed by atoms with van der Waals surface area (Å²) in [5.74, 6) is -7.76. The minimum atomic E-state index is -4.01. The van der Waals surface area contributed by atoms with Crippen LogP contribution in [0.1, 0.15) is 72.5 Å². The Morgan fingerprint density at radius 3 is 1.99 bits per heavy atom. The zero-order chi connectivity index (χ0) is 58.2. The molecule has 28 heteroatoms. The predicted molar refractivity (Wildman–Crippen MR) is 295 cm³/mol. The number of benzene rings is 3. The second-order valence-corrected chi connectivity index (χ2v) is 19.8. The monoisotopic (exact) mass is 1130 g/mol. The first-order valence-electron chi connectivity index (χ1n) is 25.2. The van der Waals surface area contributed by atoms with E-state index < -0.39 is 113 Å². The largest absolute Gasteiger partial charge is 0.481 e. The number of nitrogens with zero attached hydrogens (tertiary/aromatic N) is 3. The van der Waals surface area contributed by atoms with Crippen LogP contribution in [0.4, 0.5) is 5.82 Å². The van der Waals surface area contributed by atoms with Crippen molar-refractivity contribution in [2.45, 2.75) is 99.4 Å². The standard InChI is InChI=1S/C52H66N14O13S/c1-31(60-49(74)38(25-32-13-4-2-5-14-32)64-46(71)35-21-22-42(57-28-35)66-59-29-34-17-8-9-20-41(34)80(77,78)79)45(70)55-23-11-10-18-37-48(73)62-36(19-12-24-56-52(53)54)47(72)58-30-43(67)61-40(27-44(68)69)51(76)65-39(50(75)63-37)26-33-15-6-3-7-16-33/h2-9,13-17,20-22,28-29,31,36-40,77-79H,10-12,18-19,23-27,30H2,1H3,(H,55,70)(H,57,66)(H,58,72)(H,60,74)(H,61,67)(H,62,73)(H,63,75)(H,64,71)(H,65,76)(H,68,69)(H4,53,54,56)/t31?,36-,37-,38-,39+,40-/m0/s1. The summed E-state index contributed by atoms with van der Waals surface area (Å²) in [5, 5.41) is 34.2. The number of pyridine rings is 1. The van der Waals surface area contributed by atoms with Gasteiger partial charge in [-0.1, -0.05) is 78.9 Å². The summed E-state index contributed by atoms with van der Waals surface area (Å²) in [7, 11) is -4.01. The molecule has 0 radical (unpaired) electrons. The quantitative estimate of drug-likeness (QED) is 0.0191. The average Bonchev–Trinajstić information content (AvgIpc) is 3.42. The van der Waals surface area contributed by atoms with Crippen LogP contribution in [0.15, 0.2) is 118 Å². The van der Waals surface area contributed by atoms with Crippen LogP contribution in [0, 0.1) is 0 Å². The molecule has 1 aliphatic heterocycles. The van der Waals surface area contributed by atoms with Gasteiger partial charge in [-0.3, -0.25) is 53.6 Å². The molecule has 1 aromatic heterocycles. The van der Waals surface area contributed by atoms with Gasteiger partial charge in [0, 0.05) is 37.7 Å². The van der Waals surface area contributed by atoms with Gasteiger partial charge in [0.1, 0.15) is 52.9 Å². The van der Waals surface area contributed by atoms with Crippen molar-refractivity contribution < 1.29 is 61.9 Å². The van der Waals surface area contributed by atoms with Crippen LogP contribution in [0.3, 0.4) is 0 Å². The molecule has 0 spiro atoms. The minimum Gasteiger partial charge on any atom is -0.481 e. The van der Waals surface area contributed by atoms with Gasteiger partial charge < -0.3 is 72.8 Å². The molecule has 1 unspecified atom stereocenters. The third kappa shape index (κ3) is 20.8. The third-order valence-electron chi connectivity index (χ3n) is 12.1. The molecule has 428 valence electrons. The molecule has 17 N–H and O–H groups in total. The number of nitrogens with two attached hydrogens (primary N) is 2. The van der Waals surface area contributed by atoms with Crippen molar-refractivity contribution in [3.05, 3.63) is 126 Å². The molecule has 27 nitrogen and oxygen atoms in total. The van der Waals surface area contributed by atoms with Crippen LogP contribution >= 0.6 is 10.9 Å². The second-order valence-electron chi connectivity index (χ2n) is 18.3. The molecule has 5 rings (SSSR count). The van der Waals surface area contributed by atoms with Crippen molar-refractivity contribution in [1.82, 2.24) is 47.5 Å². The van der Waals surface area contributed by atoms with E-state index in [2.05, 4.69) is 63.0 Å². The van der Waals surface area contributed by atoms with Crippen LogP contribution in [0.25, 0.3) is 0 Å². The van der Waals surface area contributed by atoms with Gasteiger partial charge in [-0.25, -0.2) is 4.98 Å². The van der Waals surface area contributed by atoms with E-state index in [9.17, 15) is 61.9 Å². The first kappa shape index (κ1) is 61.9. The highest BCUT2D eigenvalue weighted by atomic mass is 32.3. The Bertz CT molecular complexity index is 2850. The Kier molecular flexibility index (Phi) is 23.8. The number of carboxylic acids is 1. The highest BCUT2D eigenvalue weighted by Gasteiger charge is 2.34. The number of anilines is 1. The number of hydrazone groups is 1. The number of rotatable bonds is 24. The zero-order valence-electron chi connectivity index (χ0n) is 43.5. The molecule has 3 aromatic carbocycles. The zero-order valence-corrected chi connectivity index (χ0v) is 44.3. The molecule has 6 atom stereocenters. The van der Waals surface area contributed by atoms with Crippen LogP contribution in [-0.4, -0.2) is 145 Å². The Labute approximate surface area is 461 Å². The van der Waals surface area contributed by atoms with Crippen molar-refractivity contribution in [3.63, 3.8) is 0 Å². The normalized spacial score (nSPS) is 18.2. The van der Waals surface area contributed by atoms with Gasteiger partial charge in [0.15, 0.2) is 5.96 Å². The number of carbonyl (C=O) groups is 9. The molecule has 0 saturated carbocycles. The van der Waals surface area contributed by atoms with Crippen molar-refractivity contribution in [2.75, 3.05) is 25.1 Å². The van der Waals surface area contributed by atoms with Crippen molar-refractivity contribution in [3.8, 4) is 0 Å². The summed E-state index contributed by atoms with van der Waals surface area (Å²) in [6.45, 7) is 0.855. The molecule has 4 aromatic rings.